The first-order valence-electron chi connectivity index (χ1n) is 4.86. The van der Waals surface area contributed by atoms with E-state index in [4.69, 9.17) is 16.3 Å². The molecule has 0 N–H and O–H groups in total. The number of hydrogen-bond donors (Lipinski definition) is 0. The molecule has 1 saturated heterocycles. The van der Waals surface area contributed by atoms with E-state index in [2.05, 4.69) is 33.0 Å². The molecule has 1 heterocycles. The molecule has 1 aromatic rings. The SMILES string of the molecule is COC1CN(c2ccc(CBr)c(Cl)c2)C1. The lowest BCUT2D eigenvalue weighted by Gasteiger charge is -2.40. The van der Waals surface area contributed by atoms with Crippen LogP contribution in [0.5, 0.6) is 0 Å². The van der Waals surface area contributed by atoms with Crippen LogP contribution in [0.3, 0.4) is 0 Å². The highest BCUT2D eigenvalue weighted by molar-refractivity contribution is 9.08. The van der Waals surface area contributed by atoms with E-state index in [9.17, 15) is 0 Å². The quantitative estimate of drug-likeness (QED) is 0.793. The van der Waals surface area contributed by atoms with Gasteiger partial charge in [0.15, 0.2) is 0 Å². The third-order valence-electron chi connectivity index (χ3n) is 2.73. The Labute approximate surface area is 103 Å². The Morgan fingerprint density at radius 2 is 2.27 bits per heavy atom. The van der Waals surface area contributed by atoms with E-state index >= 15 is 0 Å². The Morgan fingerprint density at radius 3 is 2.80 bits per heavy atom. The number of rotatable bonds is 3. The van der Waals surface area contributed by atoms with Gasteiger partial charge in [-0.05, 0) is 17.7 Å². The molecule has 1 aromatic carbocycles. The van der Waals surface area contributed by atoms with Crippen LogP contribution in [0.2, 0.25) is 5.02 Å². The van der Waals surface area contributed by atoms with Crippen LogP contribution in [-0.4, -0.2) is 26.3 Å². The molecule has 0 saturated carbocycles. The molecule has 0 amide bonds. The van der Waals surface area contributed by atoms with E-state index in [1.165, 1.54) is 5.69 Å². The van der Waals surface area contributed by atoms with E-state index < -0.39 is 0 Å². The van der Waals surface area contributed by atoms with Crippen LogP contribution in [0.4, 0.5) is 5.69 Å². The van der Waals surface area contributed by atoms with Gasteiger partial charge in [0.1, 0.15) is 0 Å². The lowest BCUT2D eigenvalue weighted by molar-refractivity contribution is 0.0788. The molecule has 82 valence electrons. The Bertz CT molecular complexity index is 352. The molecular formula is C11H13BrClNO. The minimum atomic E-state index is 0.375. The van der Waals surface area contributed by atoms with Gasteiger partial charge >= 0.3 is 0 Å². The van der Waals surface area contributed by atoms with E-state index in [0.29, 0.717) is 6.10 Å². The summed E-state index contributed by atoms with van der Waals surface area (Å²) in [4.78, 5) is 2.26. The number of ether oxygens (including phenoxy) is 1. The second kappa shape index (κ2) is 4.73. The van der Waals surface area contributed by atoms with Gasteiger partial charge in [0.05, 0.1) is 6.10 Å². The first-order chi connectivity index (χ1) is 7.24. The topological polar surface area (TPSA) is 12.5 Å². The van der Waals surface area contributed by atoms with Crippen molar-refractivity contribution in [1.82, 2.24) is 0 Å². The summed E-state index contributed by atoms with van der Waals surface area (Å²) in [5.41, 5.74) is 2.31. The molecule has 1 aliphatic rings. The van der Waals surface area contributed by atoms with Crippen LogP contribution in [0.25, 0.3) is 0 Å². The minimum absolute atomic E-state index is 0.375. The Morgan fingerprint density at radius 1 is 1.53 bits per heavy atom. The summed E-state index contributed by atoms with van der Waals surface area (Å²) >= 11 is 9.54. The summed E-state index contributed by atoms with van der Waals surface area (Å²) in [6.45, 7) is 1.92. The minimum Gasteiger partial charge on any atom is -0.378 e. The fourth-order valence-corrected chi connectivity index (χ4v) is 2.53. The zero-order chi connectivity index (χ0) is 10.8. The van der Waals surface area contributed by atoms with E-state index in [0.717, 1.165) is 29.0 Å². The van der Waals surface area contributed by atoms with Crippen LogP contribution in [0.15, 0.2) is 18.2 Å². The molecule has 0 aliphatic carbocycles. The van der Waals surface area contributed by atoms with Gasteiger partial charge < -0.3 is 9.64 Å². The highest BCUT2D eigenvalue weighted by Crippen LogP contribution is 2.28. The maximum absolute atomic E-state index is 6.14. The van der Waals surface area contributed by atoms with Gasteiger partial charge in [0.2, 0.25) is 0 Å². The van der Waals surface area contributed by atoms with Gasteiger partial charge in [-0.15, -0.1) is 0 Å². The van der Waals surface area contributed by atoms with Crippen molar-refractivity contribution in [1.29, 1.82) is 0 Å². The second-order valence-electron chi connectivity index (χ2n) is 3.67. The molecule has 0 unspecified atom stereocenters. The van der Waals surface area contributed by atoms with E-state index in [1.54, 1.807) is 7.11 Å². The molecule has 2 nitrogen and oxygen atoms in total. The highest BCUT2D eigenvalue weighted by Gasteiger charge is 2.26. The molecular weight excluding hydrogens is 277 g/mol. The maximum atomic E-state index is 6.14. The third-order valence-corrected chi connectivity index (χ3v) is 3.68. The van der Waals surface area contributed by atoms with Crippen molar-refractivity contribution >= 4 is 33.2 Å². The molecule has 0 radical (unpaired) electrons. The van der Waals surface area contributed by atoms with Crippen molar-refractivity contribution in [2.45, 2.75) is 11.4 Å². The number of methoxy groups -OCH3 is 1. The Balaban J connectivity index is 2.08. The average molecular weight is 291 g/mol. The number of hydrogen-bond acceptors (Lipinski definition) is 2. The lowest BCUT2D eigenvalue weighted by Crippen LogP contribution is -2.51. The molecule has 0 spiro atoms. The molecule has 0 atom stereocenters. The summed E-state index contributed by atoms with van der Waals surface area (Å²) in [6, 6.07) is 6.19. The van der Waals surface area contributed by atoms with Crippen LogP contribution < -0.4 is 4.90 Å². The van der Waals surface area contributed by atoms with Crippen LogP contribution >= 0.6 is 27.5 Å². The fraction of sp³-hybridized carbons (Fsp3) is 0.455. The predicted molar refractivity (Wildman–Crippen MR) is 67.1 cm³/mol. The Kier molecular flexibility index (Phi) is 3.54. The Hall–Kier alpha value is -0.250. The van der Waals surface area contributed by atoms with Crippen LogP contribution in [0, 0.1) is 0 Å². The fourth-order valence-electron chi connectivity index (χ4n) is 1.64. The van der Waals surface area contributed by atoms with E-state index in [-0.39, 0.29) is 0 Å². The number of benzene rings is 1. The standard InChI is InChI=1S/C11H13BrClNO/c1-15-10-6-14(7-10)9-3-2-8(5-12)11(13)4-9/h2-4,10H,5-7H2,1H3. The lowest BCUT2D eigenvalue weighted by atomic mass is 10.1. The van der Waals surface area contributed by atoms with Gasteiger partial charge in [-0.1, -0.05) is 33.6 Å². The maximum Gasteiger partial charge on any atom is 0.0920 e. The molecule has 1 fully saturated rings. The monoisotopic (exact) mass is 289 g/mol. The van der Waals surface area contributed by atoms with Gasteiger partial charge in [0.25, 0.3) is 0 Å². The zero-order valence-electron chi connectivity index (χ0n) is 8.54. The van der Waals surface area contributed by atoms with Gasteiger partial charge in [-0.3, -0.25) is 0 Å². The molecule has 0 aromatic heterocycles. The summed E-state index contributed by atoms with van der Waals surface area (Å²) in [5.74, 6) is 0. The van der Waals surface area contributed by atoms with Crippen LogP contribution in [-0.2, 0) is 10.1 Å². The van der Waals surface area contributed by atoms with Crippen molar-refractivity contribution in [3.05, 3.63) is 28.8 Å². The van der Waals surface area contributed by atoms with Gasteiger partial charge in [-0.25, -0.2) is 0 Å². The van der Waals surface area contributed by atoms with Crippen molar-refractivity contribution in [2.75, 3.05) is 25.1 Å². The molecule has 0 bridgehead atoms. The average Bonchev–Trinajstić information content (AvgIpc) is 2.16. The van der Waals surface area contributed by atoms with Crippen molar-refractivity contribution in [3.8, 4) is 0 Å². The number of anilines is 1. The molecule has 1 aliphatic heterocycles. The highest BCUT2D eigenvalue weighted by atomic mass is 79.9. The third kappa shape index (κ3) is 2.30. The number of nitrogens with zero attached hydrogens (tertiary/aromatic N) is 1. The first-order valence-corrected chi connectivity index (χ1v) is 6.36. The summed E-state index contributed by atoms with van der Waals surface area (Å²) in [6.07, 6.45) is 0.375. The summed E-state index contributed by atoms with van der Waals surface area (Å²) in [5, 5.41) is 1.62. The first kappa shape index (κ1) is 11.2. The van der Waals surface area contributed by atoms with Crippen molar-refractivity contribution < 1.29 is 4.74 Å². The van der Waals surface area contributed by atoms with Gasteiger partial charge in [-0.2, -0.15) is 0 Å². The molecule has 2 rings (SSSR count). The van der Waals surface area contributed by atoms with Crippen molar-refractivity contribution in [3.63, 3.8) is 0 Å². The second-order valence-corrected chi connectivity index (χ2v) is 4.64. The zero-order valence-corrected chi connectivity index (χ0v) is 10.9. The van der Waals surface area contributed by atoms with Crippen LogP contribution in [0.1, 0.15) is 5.56 Å². The largest absolute Gasteiger partial charge is 0.378 e. The summed E-state index contributed by atoms with van der Waals surface area (Å²) < 4.78 is 5.23. The van der Waals surface area contributed by atoms with E-state index in [1.807, 2.05) is 6.07 Å². The number of halogens is 2. The molecule has 4 heteroatoms. The molecule has 15 heavy (non-hydrogen) atoms. The smallest absolute Gasteiger partial charge is 0.0920 e. The predicted octanol–water partition coefficient (Wildman–Crippen LogP) is 3.07. The normalized spacial score (nSPS) is 16.6. The summed E-state index contributed by atoms with van der Waals surface area (Å²) in [7, 11) is 1.75. The van der Waals surface area contributed by atoms with Gasteiger partial charge in [0, 0.05) is 36.2 Å². The number of alkyl halides is 1. The van der Waals surface area contributed by atoms with Crippen molar-refractivity contribution in [2.24, 2.45) is 0 Å².